The van der Waals surface area contributed by atoms with E-state index in [1.54, 1.807) is 7.05 Å². The zero-order valence-electron chi connectivity index (χ0n) is 11.1. The van der Waals surface area contributed by atoms with Gasteiger partial charge < -0.3 is 14.4 Å². The molecule has 0 unspecified atom stereocenters. The number of fused-ring (bicyclic) bond motifs is 1. The van der Waals surface area contributed by atoms with Crippen LogP contribution in [0.4, 0.5) is 5.69 Å². The number of esters is 1. The molecule has 2 rings (SSSR count). The Labute approximate surface area is 112 Å². The number of hydrogen-bond acceptors (Lipinski definition) is 4. The highest BCUT2D eigenvalue weighted by Gasteiger charge is 2.18. The van der Waals surface area contributed by atoms with Crippen molar-refractivity contribution in [3.05, 3.63) is 23.8 Å². The van der Waals surface area contributed by atoms with Crippen molar-refractivity contribution in [2.24, 2.45) is 0 Å². The topological polar surface area (TPSA) is 55.8 Å². The normalized spacial score (nSPS) is 13.2. The number of benzene rings is 1. The summed E-state index contributed by atoms with van der Waals surface area (Å²) < 4.78 is 10.0. The third-order valence-corrected chi connectivity index (χ3v) is 3.18. The van der Waals surface area contributed by atoms with E-state index in [1.165, 1.54) is 12.0 Å². The number of aryl methyl sites for hydroxylation is 1. The molecular weight excluding hydrogens is 246 g/mol. The summed E-state index contributed by atoms with van der Waals surface area (Å²) >= 11 is 0. The number of rotatable bonds is 3. The molecule has 1 aliphatic rings. The maximum atomic E-state index is 11.9. The first-order valence-electron chi connectivity index (χ1n) is 6.21. The number of amides is 1. The van der Waals surface area contributed by atoms with Crippen LogP contribution in [0.25, 0.3) is 0 Å². The van der Waals surface area contributed by atoms with Crippen LogP contribution in [0.5, 0.6) is 5.75 Å². The van der Waals surface area contributed by atoms with E-state index in [1.807, 2.05) is 18.2 Å². The first kappa shape index (κ1) is 13.4. The Morgan fingerprint density at radius 2 is 2.21 bits per heavy atom. The Hall–Kier alpha value is -2.04. The Morgan fingerprint density at radius 3 is 2.95 bits per heavy atom. The molecule has 0 aliphatic carbocycles. The molecule has 0 radical (unpaired) electrons. The summed E-state index contributed by atoms with van der Waals surface area (Å²) in [5.74, 6) is 0.0606. The van der Waals surface area contributed by atoms with Crippen molar-refractivity contribution in [1.82, 2.24) is 0 Å². The van der Waals surface area contributed by atoms with E-state index in [-0.39, 0.29) is 12.3 Å². The summed E-state index contributed by atoms with van der Waals surface area (Å²) in [5, 5.41) is 0. The fraction of sp³-hybridized carbons (Fsp3) is 0.429. The van der Waals surface area contributed by atoms with Crippen molar-refractivity contribution in [3.8, 4) is 5.75 Å². The third-order valence-electron chi connectivity index (χ3n) is 3.18. The molecule has 0 bridgehead atoms. The minimum atomic E-state index is -0.529. The zero-order valence-corrected chi connectivity index (χ0v) is 11.1. The molecule has 0 saturated carbocycles. The number of hydrogen-bond donors (Lipinski definition) is 0. The second-order valence-electron chi connectivity index (χ2n) is 4.45. The van der Waals surface area contributed by atoms with Gasteiger partial charge in [-0.3, -0.25) is 9.59 Å². The number of carbonyl (C=O) groups excluding carboxylic acids is 2. The van der Waals surface area contributed by atoms with Gasteiger partial charge in [-0.2, -0.15) is 0 Å². The van der Waals surface area contributed by atoms with Crippen molar-refractivity contribution in [3.63, 3.8) is 0 Å². The maximum absolute atomic E-state index is 11.9. The van der Waals surface area contributed by atoms with Crippen LogP contribution in [-0.4, -0.2) is 32.6 Å². The smallest absolute Gasteiger partial charge is 0.315 e. The molecule has 0 aromatic heterocycles. The van der Waals surface area contributed by atoms with Crippen LogP contribution in [-0.2, 0) is 20.7 Å². The predicted molar refractivity (Wildman–Crippen MR) is 70.3 cm³/mol. The summed E-state index contributed by atoms with van der Waals surface area (Å²) in [6, 6.07) is 5.62. The summed E-state index contributed by atoms with van der Waals surface area (Å²) in [7, 11) is 2.92. The van der Waals surface area contributed by atoms with E-state index in [4.69, 9.17) is 4.74 Å². The lowest BCUT2D eigenvalue weighted by molar-refractivity contribution is -0.143. The summed E-state index contributed by atoms with van der Waals surface area (Å²) in [6.07, 6.45) is 1.68. The molecule has 0 N–H and O–H groups in total. The second kappa shape index (κ2) is 5.73. The number of anilines is 1. The van der Waals surface area contributed by atoms with Gasteiger partial charge in [0.25, 0.3) is 0 Å². The van der Waals surface area contributed by atoms with Gasteiger partial charge in [0, 0.05) is 12.7 Å². The quantitative estimate of drug-likeness (QED) is 0.613. The first-order valence-corrected chi connectivity index (χ1v) is 6.21. The molecule has 5 heteroatoms. The van der Waals surface area contributed by atoms with Crippen LogP contribution in [0.15, 0.2) is 18.2 Å². The van der Waals surface area contributed by atoms with E-state index < -0.39 is 5.97 Å². The van der Waals surface area contributed by atoms with Gasteiger partial charge in [0.05, 0.1) is 13.7 Å². The lowest BCUT2D eigenvalue weighted by Crippen LogP contribution is -2.28. The summed E-state index contributed by atoms with van der Waals surface area (Å²) in [4.78, 5) is 24.4. The lowest BCUT2D eigenvalue weighted by Gasteiger charge is -2.21. The molecule has 19 heavy (non-hydrogen) atoms. The standard InChI is InChI=1S/C14H17NO4/c1-15(13(16)9-14(17)18-2)11-5-6-12-10(8-11)4-3-7-19-12/h5-6,8H,3-4,7,9H2,1-2H3. The lowest BCUT2D eigenvalue weighted by atomic mass is 10.1. The Bertz CT molecular complexity index is 498. The van der Waals surface area contributed by atoms with E-state index in [2.05, 4.69) is 4.74 Å². The minimum Gasteiger partial charge on any atom is -0.493 e. The van der Waals surface area contributed by atoms with Gasteiger partial charge in [-0.1, -0.05) is 0 Å². The molecule has 0 atom stereocenters. The molecule has 0 spiro atoms. The van der Waals surface area contributed by atoms with Crippen molar-refractivity contribution < 1.29 is 19.1 Å². The highest BCUT2D eigenvalue weighted by atomic mass is 16.5. The SMILES string of the molecule is COC(=O)CC(=O)N(C)c1ccc2c(c1)CCCO2. The van der Waals surface area contributed by atoms with Crippen molar-refractivity contribution in [2.45, 2.75) is 19.3 Å². The van der Waals surface area contributed by atoms with Crippen molar-refractivity contribution >= 4 is 17.6 Å². The minimum absolute atomic E-state index is 0.249. The Kier molecular flexibility index (Phi) is 4.04. The van der Waals surface area contributed by atoms with Crippen LogP contribution in [0.1, 0.15) is 18.4 Å². The third kappa shape index (κ3) is 3.05. The number of nitrogens with zero attached hydrogens (tertiary/aromatic N) is 1. The Balaban J connectivity index is 2.12. The van der Waals surface area contributed by atoms with Crippen LogP contribution in [0.2, 0.25) is 0 Å². The van der Waals surface area contributed by atoms with Gasteiger partial charge in [-0.05, 0) is 36.6 Å². The number of ether oxygens (including phenoxy) is 2. The van der Waals surface area contributed by atoms with Gasteiger partial charge in [0.1, 0.15) is 12.2 Å². The van der Waals surface area contributed by atoms with Crippen LogP contribution in [0.3, 0.4) is 0 Å². The molecule has 1 aliphatic heterocycles. The van der Waals surface area contributed by atoms with Crippen LogP contribution in [0, 0.1) is 0 Å². The Morgan fingerprint density at radius 1 is 1.42 bits per heavy atom. The van der Waals surface area contributed by atoms with Crippen molar-refractivity contribution in [2.75, 3.05) is 25.7 Å². The highest BCUT2D eigenvalue weighted by Crippen LogP contribution is 2.28. The van der Waals surface area contributed by atoms with E-state index >= 15 is 0 Å². The molecule has 1 amide bonds. The predicted octanol–water partition coefficient (Wildman–Crippen LogP) is 1.54. The van der Waals surface area contributed by atoms with Gasteiger partial charge in [-0.25, -0.2) is 0 Å². The van der Waals surface area contributed by atoms with Crippen LogP contribution < -0.4 is 9.64 Å². The monoisotopic (exact) mass is 263 g/mol. The summed E-state index contributed by atoms with van der Waals surface area (Å²) in [5.41, 5.74) is 1.86. The van der Waals surface area contributed by atoms with E-state index in [0.717, 1.165) is 36.4 Å². The first-order chi connectivity index (χ1) is 9.11. The molecule has 1 heterocycles. The highest BCUT2D eigenvalue weighted by molar-refractivity contribution is 6.03. The molecule has 1 aromatic rings. The van der Waals surface area contributed by atoms with Crippen LogP contribution >= 0.6 is 0 Å². The molecule has 5 nitrogen and oxygen atoms in total. The summed E-state index contributed by atoms with van der Waals surface area (Å²) in [6.45, 7) is 0.740. The molecular formula is C14H17NO4. The van der Waals surface area contributed by atoms with Gasteiger partial charge >= 0.3 is 5.97 Å². The second-order valence-corrected chi connectivity index (χ2v) is 4.45. The molecule has 0 saturated heterocycles. The van der Waals surface area contributed by atoms with E-state index in [9.17, 15) is 9.59 Å². The van der Waals surface area contributed by atoms with Crippen molar-refractivity contribution in [1.29, 1.82) is 0 Å². The molecule has 1 aromatic carbocycles. The maximum Gasteiger partial charge on any atom is 0.315 e. The average molecular weight is 263 g/mol. The zero-order chi connectivity index (χ0) is 13.8. The molecule has 0 fully saturated rings. The fourth-order valence-corrected chi connectivity index (χ4v) is 2.01. The van der Waals surface area contributed by atoms with Gasteiger partial charge in [0.2, 0.25) is 5.91 Å². The number of methoxy groups -OCH3 is 1. The van der Waals surface area contributed by atoms with Gasteiger partial charge in [0.15, 0.2) is 0 Å². The number of carbonyl (C=O) groups is 2. The average Bonchev–Trinajstić information content (AvgIpc) is 2.45. The largest absolute Gasteiger partial charge is 0.493 e. The van der Waals surface area contributed by atoms with E-state index in [0.29, 0.717) is 0 Å². The molecule has 102 valence electrons. The van der Waals surface area contributed by atoms with Gasteiger partial charge in [-0.15, -0.1) is 0 Å². The fourth-order valence-electron chi connectivity index (χ4n) is 2.01.